The molecule has 0 aliphatic carbocycles. The molecule has 8 rings (SSSR count). The number of hydrogen-bond donors (Lipinski definition) is 3. The van der Waals surface area contributed by atoms with Crippen LogP contribution < -0.4 is 17.2 Å². The minimum atomic E-state index is 0.476. The Bertz CT molecular complexity index is 2470. The molecular weight excluding hydrogens is 631 g/mol. The molecule has 8 aromatic rings. The van der Waals surface area contributed by atoms with Gasteiger partial charge in [-0.05, 0) is 54.2 Å². The largest absolute Gasteiger partial charge is 0.382 e. The summed E-state index contributed by atoms with van der Waals surface area (Å²) in [5.41, 5.74) is 28.6. The predicted octanol–water partition coefficient (Wildman–Crippen LogP) is 8.10. The Kier molecular flexibility index (Phi) is 9.63. The Morgan fingerprint density at radius 1 is 0.588 bits per heavy atom. The standard InChI is InChI=1S/C23H26N4.C19H19N5/c1-3-5-13-20-26-21-22(18-11-6-7-12-19(18)25-23(21)24)27(20)15-17-10-8-9-16(4-2)14-17;1-12-22-17-18(15-4-2-3-5-16(15)23-19(17)21)24(12)11-14-8-6-13(10-20)7-9-14/h6-12,14H,3-5,13,15H2,1-2H3,(H2,24,25);2-9H,10-11,20H2,1H3,(H2,21,23). The SMILES string of the molecule is CCCCc1nc2c(N)nc3ccccc3c2n1Cc1cccc(CC)c1.Cc1nc2c(N)nc3ccccc3c2n1Cc1ccc(CN)cc1. The summed E-state index contributed by atoms with van der Waals surface area (Å²) in [6, 6.07) is 33.4. The molecule has 0 amide bonds. The van der Waals surface area contributed by atoms with Crippen molar-refractivity contribution < 1.29 is 0 Å². The Balaban J connectivity index is 0.000000160. The van der Waals surface area contributed by atoms with Crippen LogP contribution in [0.15, 0.2) is 97.1 Å². The zero-order chi connectivity index (χ0) is 35.5. The zero-order valence-electron chi connectivity index (χ0n) is 29.6. The van der Waals surface area contributed by atoms with Crippen molar-refractivity contribution in [3.63, 3.8) is 0 Å². The topological polar surface area (TPSA) is 139 Å². The first-order chi connectivity index (χ1) is 24.9. The van der Waals surface area contributed by atoms with Crippen molar-refractivity contribution in [2.45, 2.75) is 66.1 Å². The molecule has 6 N–H and O–H groups in total. The molecule has 0 spiro atoms. The number of nitrogens with zero attached hydrogens (tertiary/aromatic N) is 6. The number of aromatic nitrogens is 6. The molecule has 9 heteroatoms. The number of pyridine rings is 2. The highest BCUT2D eigenvalue weighted by atomic mass is 15.1. The van der Waals surface area contributed by atoms with E-state index in [0.29, 0.717) is 18.2 Å². The van der Waals surface area contributed by atoms with Gasteiger partial charge in [-0.1, -0.05) is 105 Å². The van der Waals surface area contributed by atoms with Gasteiger partial charge in [-0.25, -0.2) is 19.9 Å². The number of hydrogen-bond acceptors (Lipinski definition) is 7. The van der Waals surface area contributed by atoms with Crippen LogP contribution in [0.2, 0.25) is 0 Å². The summed E-state index contributed by atoms with van der Waals surface area (Å²) in [5.74, 6) is 3.02. The lowest BCUT2D eigenvalue weighted by Gasteiger charge is -2.12. The number of para-hydroxylation sites is 2. The highest BCUT2D eigenvalue weighted by Crippen LogP contribution is 2.31. The summed E-state index contributed by atoms with van der Waals surface area (Å²) in [6.45, 7) is 8.50. The van der Waals surface area contributed by atoms with Gasteiger partial charge < -0.3 is 26.3 Å². The minimum Gasteiger partial charge on any atom is -0.382 e. The van der Waals surface area contributed by atoms with Crippen molar-refractivity contribution in [2.24, 2.45) is 5.73 Å². The maximum absolute atomic E-state index is 6.29. The third-order valence-electron chi connectivity index (χ3n) is 9.58. The summed E-state index contributed by atoms with van der Waals surface area (Å²) >= 11 is 0. The van der Waals surface area contributed by atoms with Gasteiger partial charge in [0.05, 0.1) is 22.1 Å². The molecule has 0 aliphatic heterocycles. The summed E-state index contributed by atoms with van der Waals surface area (Å²) in [4.78, 5) is 18.6. The molecule has 0 bridgehead atoms. The number of rotatable bonds is 9. The van der Waals surface area contributed by atoms with Crippen LogP contribution in [0, 0.1) is 6.92 Å². The van der Waals surface area contributed by atoms with E-state index in [0.717, 1.165) is 99.9 Å². The third kappa shape index (κ3) is 6.72. The molecule has 258 valence electrons. The second-order valence-electron chi connectivity index (χ2n) is 13.1. The van der Waals surface area contributed by atoms with E-state index in [1.807, 2.05) is 37.3 Å². The van der Waals surface area contributed by atoms with Crippen LogP contribution in [-0.2, 0) is 32.5 Å². The first-order valence-electron chi connectivity index (χ1n) is 17.8. The second-order valence-corrected chi connectivity index (χ2v) is 13.1. The Hall–Kier alpha value is -5.80. The summed E-state index contributed by atoms with van der Waals surface area (Å²) in [6.07, 6.45) is 4.25. The van der Waals surface area contributed by atoms with E-state index in [2.05, 4.69) is 105 Å². The molecule has 4 aromatic carbocycles. The molecule has 51 heavy (non-hydrogen) atoms. The van der Waals surface area contributed by atoms with E-state index in [-0.39, 0.29) is 0 Å². The van der Waals surface area contributed by atoms with Crippen molar-refractivity contribution >= 4 is 55.5 Å². The third-order valence-corrected chi connectivity index (χ3v) is 9.58. The lowest BCUT2D eigenvalue weighted by Crippen LogP contribution is -2.06. The van der Waals surface area contributed by atoms with E-state index in [1.54, 1.807) is 0 Å². The minimum absolute atomic E-state index is 0.476. The average molecular weight is 676 g/mol. The zero-order valence-corrected chi connectivity index (χ0v) is 29.6. The highest BCUT2D eigenvalue weighted by molar-refractivity contribution is 6.07. The van der Waals surface area contributed by atoms with Crippen LogP contribution >= 0.6 is 0 Å². The lowest BCUT2D eigenvalue weighted by atomic mass is 10.1. The number of unbranched alkanes of at least 4 members (excludes halogenated alkanes) is 1. The van der Waals surface area contributed by atoms with Gasteiger partial charge >= 0.3 is 0 Å². The van der Waals surface area contributed by atoms with E-state index in [9.17, 15) is 0 Å². The van der Waals surface area contributed by atoms with Crippen molar-refractivity contribution in [3.05, 3.63) is 131 Å². The van der Waals surface area contributed by atoms with Gasteiger partial charge in [-0.3, -0.25) is 0 Å². The number of aryl methyl sites for hydroxylation is 3. The summed E-state index contributed by atoms with van der Waals surface area (Å²) in [7, 11) is 0. The van der Waals surface area contributed by atoms with Gasteiger partial charge in [-0.15, -0.1) is 0 Å². The van der Waals surface area contributed by atoms with Crippen LogP contribution in [-0.4, -0.2) is 29.1 Å². The monoisotopic (exact) mass is 675 g/mol. The molecule has 9 nitrogen and oxygen atoms in total. The van der Waals surface area contributed by atoms with Gasteiger partial charge in [0.15, 0.2) is 11.6 Å². The molecule has 0 fully saturated rings. The molecule has 0 saturated heterocycles. The van der Waals surface area contributed by atoms with Crippen LogP contribution in [0.4, 0.5) is 11.6 Å². The first-order valence-corrected chi connectivity index (χ1v) is 17.8. The Labute approximate surface area is 298 Å². The number of nitrogen functional groups attached to an aromatic ring is 2. The number of fused-ring (bicyclic) bond motifs is 6. The van der Waals surface area contributed by atoms with Gasteiger partial charge in [0.1, 0.15) is 22.7 Å². The van der Waals surface area contributed by atoms with Gasteiger partial charge in [0.25, 0.3) is 0 Å². The van der Waals surface area contributed by atoms with Crippen LogP contribution in [0.25, 0.3) is 43.9 Å². The van der Waals surface area contributed by atoms with Crippen LogP contribution in [0.5, 0.6) is 0 Å². The van der Waals surface area contributed by atoms with Crippen molar-refractivity contribution in [1.29, 1.82) is 0 Å². The summed E-state index contributed by atoms with van der Waals surface area (Å²) < 4.78 is 4.55. The molecule has 0 unspecified atom stereocenters. The van der Waals surface area contributed by atoms with Crippen molar-refractivity contribution in [1.82, 2.24) is 29.1 Å². The van der Waals surface area contributed by atoms with E-state index >= 15 is 0 Å². The first kappa shape index (κ1) is 33.7. The van der Waals surface area contributed by atoms with E-state index in [1.165, 1.54) is 16.7 Å². The molecule has 0 atom stereocenters. The van der Waals surface area contributed by atoms with Crippen LogP contribution in [0.3, 0.4) is 0 Å². The molecular formula is C42H45N9. The smallest absolute Gasteiger partial charge is 0.152 e. The molecule has 0 radical (unpaired) electrons. The Morgan fingerprint density at radius 2 is 1.16 bits per heavy atom. The fourth-order valence-corrected chi connectivity index (χ4v) is 6.86. The summed E-state index contributed by atoms with van der Waals surface area (Å²) in [5, 5.41) is 2.18. The van der Waals surface area contributed by atoms with Crippen molar-refractivity contribution in [3.8, 4) is 0 Å². The van der Waals surface area contributed by atoms with E-state index < -0.39 is 0 Å². The molecule has 0 saturated carbocycles. The fraction of sp³-hybridized carbons (Fsp3) is 0.238. The number of benzene rings is 4. The van der Waals surface area contributed by atoms with Gasteiger partial charge in [0, 0.05) is 36.8 Å². The highest BCUT2D eigenvalue weighted by Gasteiger charge is 2.18. The lowest BCUT2D eigenvalue weighted by molar-refractivity contribution is 0.690. The molecule has 0 aliphatic rings. The predicted molar refractivity (Wildman–Crippen MR) is 211 cm³/mol. The molecule has 4 aromatic heterocycles. The van der Waals surface area contributed by atoms with E-state index in [4.69, 9.17) is 22.2 Å². The number of nitrogens with two attached hydrogens (primary N) is 3. The van der Waals surface area contributed by atoms with Crippen molar-refractivity contribution in [2.75, 3.05) is 11.5 Å². The van der Waals surface area contributed by atoms with Crippen LogP contribution in [0.1, 0.15) is 60.6 Å². The number of imidazole rings is 2. The fourth-order valence-electron chi connectivity index (χ4n) is 6.86. The maximum Gasteiger partial charge on any atom is 0.152 e. The van der Waals surface area contributed by atoms with Gasteiger partial charge in [-0.2, -0.15) is 0 Å². The maximum atomic E-state index is 6.29. The molecule has 4 heterocycles. The second kappa shape index (κ2) is 14.6. The average Bonchev–Trinajstić information content (AvgIpc) is 3.69. The Morgan fingerprint density at radius 3 is 1.78 bits per heavy atom. The normalized spacial score (nSPS) is 11.5. The quantitative estimate of drug-likeness (QED) is 0.140. The van der Waals surface area contributed by atoms with Gasteiger partial charge in [0.2, 0.25) is 0 Å². The number of anilines is 2.